The topological polar surface area (TPSA) is 83.9 Å². The van der Waals surface area contributed by atoms with Crippen molar-refractivity contribution in [1.29, 1.82) is 0 Å². The van der Waals surface area contributed by atoms with Gasteiger partial charge in [0.2, 0.25) is 0 Å². The number of hydrogen-bond donors (Lipinski definition) is 1. The molecule has 0 radical (unpaired) electrons. The molecule has 1 saturated carbocycles. The van der Waals surface area contributed by atoms with Crippen molar-refractivity contribution in [1.82, 2.24) is 24.6 Å². The van der Waals surface area contributed by atoms with Crippen LogP contribution >= 0.6 is 23.2 Å². The van der Waals surface area contributed by atoms with Crippen molar-refractivity contribution < 1.29 is 4.79 Å². The Labute approximate surface area is 200 Å². The molecule has 168 valence electrons. The highest BCUT2D eigenvalue weighted by Gasteiger charge is 2.34. The molecule has 7 nitrogen and oxygen atoms in total. The molecular formula is C24H21Cl2N5O2. The molecule has 2 aromatic heterocycles. The Bertz CT molecular complexity index is 1420. The number of nitrogens with one attached hydrogen (secondary N) is 1. The monoisotopic (exact) mass is 481 g/mol. The number of amides is 1. The Morgan fingerprint density at radius 1 is 1.21 bits per heavy atom. The Morgan fingerprint density at radius 3 is 2.73 bits per heavy atom. The molecule has 9 heteroatoms. The minimum atomic E-state index is -0.219. The summed E-state index contributed by atoms with van der Waals surface area (Å²) in [6.07, 6.45) is 3.58. The zero-order chi connectivity index (χ0) is 23.1. The van der Waals surface area contributed by atoms with E-state index in [4.69, 9.17) is 23.2 Å². The standard InChI is InChI=1S/C24H21Cl2N5O2/c1-2-30(13-21-28-19-6-4-3-5-16(19)23(32)29-21)24(33)17-12-27-31(22(17)14-7-8-14)20-10-9-15(25)11-18(20)26/h3-6,9-12,14H,2,7-8,13H2,1H3,(H,28,29,32). The highest BCUT2D eigenvalue weighted by Crippen LogP contribution is 2.43. The molecule has 1 aliphatic carbocycles. The van der Waals surface area contributed by atoms with Gasteiger partial charge in [0.05, 0.1) is 45.6 Å². The zero-order valence-corrected chi connectivity index (χ0v) is 19.4. The van der Waals surface area contributed by atoms with Crippen LogP contribution in [0.2, 0.25) is 10.0 Å². The van der Waals surface area contributed by atoms with Gasteiger partial charge >= 0.3 is 0 Å². The van der Waals surface area contributed by atoms with Crippen molar-refractivity contribution in [2.24, 2.45) is 0 Å². The third kappa shape index (κ3) is 4.14. The molecule has 0 spiro atoms. The van der Waals surface area contributed by atoms with Crippen molar-refractivity contribution in [2.45, 2.75) is 32.2 Å². The van der Waals surface area contributed by atoms with Crippen LogP contribution in [0.15, 0.2) is 53.5 Å². The first kappa shape index (κ1) is 21.7. The summed E-state index contributed by atoms with van der Waals surface area (Å²) in [6.45, 7) is 2.53. The van der Waals surface area contributed by atoms with Crippen LogP contribution in [-0.4, -0.2) is 37.1 Å². The van der Waals surface area contributed by atoms with Gasteiger partial charge in [0, 0.05) is 17.5 Å². The molecule has 5 rings (SSSR count). The van der Waals surface area contributed by atoms with Crippen LogP contribution in [0.5, 0.6) is 0 Å². The minimum absolute atomic E-state index is 0.161. The molecule has 1 amide bonds. The average Bonchev–Trinajstić information content (AvgIpc) is 3.55. The van der Waals surface area contributed by atoms with E-state index in [1.54, 1.807) is 52.2 Å². The van der Waals surface area contributed by atoms with Crippen molar-refractivity contribution >= 4 is 40.0 Å². The number of hydrogen-bond acceptors (Lipinski definition) is 4. The van der Waals surface area contributed by atoms with E-state index < -0.39 is 0 Å². The molecule has 0 saturated heterocycles. The number of carbonyl (C=O) groups excluding carboxylic acids is 1. The van der Waals surface area contributed by atoms with E-state index in [0.717, 1.165) is 18.5 Å². The fourth-order valence-electron chi connectivity index (χ4n) is 4.01. The first-order valence-electron chi connectivity index (χ1n) is 10.8. The second kappa shape index (κ2) is 8.65. The number of aromatic nitrogens is 4. The lowest BCUT2D eigenvalue weighted by Gasteiger charge is -2.21. The van der Waals surface area contributed by atoms with Crippen LogP contribution in [0.25, 0.3) is 16.6 Å². The molecule has 0 bridgehead atoms. The van der Waals surface area contributed by atoms with E-state index >= 15 is 0 Å². The van der Waals surface area contributed by atoms with Gasteiger partial charge in [-0.05, 0) is 50.1 Å². The van der Waals surface area contributed by atoms with Gasteiger partial charge in [0.25, 0.3) is 11.5 Å². The smallest absolute Gasteiger partial charge is 0.258 e. The average molecular weight is 482 g/mol. The van der Waals surface area contributed by atoms with Gasteiger partial charge in [-0.15, -0.1) is 0 Å². The van der Waals surface area contributed by atoms with Crippen LogP contribution in [0, 0.1) is 0 Å². The number of rotatable bonds is 6. The van der Waals surface area contributed by atoms with E-state index in [9.17, 15) is 9.59 Å². The van der Waals surface area contributed by atoms with Gasteiger partial charge in [-0.2, -0.15) is 5.10 Å². The summed E-state index contributed by atoms with van der Waals surface area (Å²) in [7, 11) is 0. The van der Waals surface area contributed by atoms with Crippen LogP contribution < -0.4 is 5.56 Å². The van der Waals surface area contributed by atoms with Crippen molar-refractivity contribution in [2.75, 3.05) is 6.54 Å². The van der Waals surface area contributed by atoms with Crippen LogP contribution in [0.3, 0.4) is 0 Å². The summed E-state index contributed by atoms with van der Waals surface area (Å²) in [5.41, 5.74) is 2.45. The lowest BCUT2D eigenvalue weighted by atomic mass is 10.1. The van der Waals surface area contributed by atoms with Crippen molar-refractivity contribution in [3.05, 3.63) is 86.1 Å². The number of carbonyl (C=O) groups is 1. The zero-order valence-electron chi connectivity index (χ0n) is 17.9. The normalized spacial score (nSPS) is 13.4. The predicted octanol–water partition coefficient (Wildman–Crippen LogP) is 4.96. The maximum Gasteiger partial charge on any atom is 0.258 e. The van der Waals surface area contributed by atoms with E-state index in [1.807, 2.05) is 13.0 Å². The molecule has 0 atom stereocenters. The quantitative estimate of drug-likeness (QED) is 0.421. The fraction of sp³-hybridized carbons (Fsp3) is 0.250. The van der Waals surface area contributed by atoms with Crippen LogP contribution in [-0.2, 0) is 6.54 Å². The Hall–Kier alpha value is -3.16. The third-order valence-corrected chi connectivity index (χ3v) is 6.35. The van der Waals surface area contributed by atoms with E-state index in [1.165, 1.54) is 0 Å². The van der Waals surface area contributed by atoms with Gasteiger partial charge in [-0.3, -0.25) is 9.59 Å². The lowest BCUT2D eigenvalue weighted by molar-refractivity contribution is 0.0747. The SMILES string of the molecule is CCN(Cc1nc2ccccc2c(=O)[nH]1)C(=O)c1cnn(-c2ccc(Cl)cc2Cl)c1C1CC1. The summed E-state index contributed by atoms with van der Waals surface area (Å²) in [6, 6.07) is 12.4. The maximum atomic E-state index is 13.6. The molecule has 0 aliphatic heterocycles. The molecule has 2 heterocycles. The Balaban J connectivity index is 1.49. The molecule has 33 heavy (non-hydrogen) atoms. The number of halogens is 2. The third-order valence-electron chi connectivity index (χ3n) is 5.81. The highest BCUT2D eigenvalue weighted by atomic mass is 35.5. The number of benzene rings is 2. The van der Waals surface area contributed by atoms with Crippen molar-refractivity contribution in [3.8, 4) is 5.69 Å². The second-order valence-electron chi connectivity index (χ2n) is 8.07. The summed E-state index contributed by atoms with van der Waals surface area (Å²) in [5.74, 6) is 0.525. The molecule has 0 unspecified atom stereocenters. The first-order chi connectivity index (χ1) is 16.0. The maximum absolute atomic E-state index is 13.6. The molecule has 1 fully saturated rings. The number of aromatic amines is 1. The van der Waals surface area contributed by atoms with Gasteiger partial charge in [-0.25, -0.2) is 9.67 Å². The number of H-pyrrole nitrogens is 1. The highest BCUT2D eigenvalue weighted by molar-refractivity contribution is 6.35. The molecule has 4 aromatic rings. The van der Waals surface area contributed by atoms with Crippen molar-refractivity contribution in [3.63, 3.8) is 0 Å². The summed E-state index contributed by atoms with van der Waals surface area (Å²) in [4.78, 5) is 35.0. The van der Waals surface area contributed by atoms with Gasteiger partial charge in [0.1, 0.15) is 5.82 Å². The van der Waals surface area contributed by atoms with Gasteiger partial charge in [-0.1, -0.05) is 35.3 Å². The van der Waals surface area contributed by atoms with Gasteiger partial charge in [0.15, 0.2) is 0 Å². The fourth-order valence-corrected chi connectivity index (χ4v) is 4.49. The molecule has 1 N–H and O–H groups in total. The van der Waals surface area contributed by atoms with Gasteiger partial charge < -0.3 is 9.88 Å². The van der Waals surface area contributed by atoms with E-state index in [0.29, 0.717) is 44.6 Å². The second-order valence-corrected chi connectivity index (χ2v) is 8.92. The molecular weight excluding hydrogens is 461 g/mol. The largest absolute Gasteiger partial charge is 0.331 e. The van der Waals surface area contributed by atoms with E-state index in [-0.39, 0.29) is 23.9 Å². The number of fused-ring (bicyclic) bond motifs is 1. The molecule has 2 aromatic carbocycles. The summed E-state index contributed by atoms with van der Waals surface area (Å²) >= 11 is 12.5. The summed E-state index contributed by atoms with van der Waals surface area (Å²) < 4.78 is 1.74. The predicted molar refractivity (Wildman–Crippen MR) is 128 cm³/mol. The van der Waals surface area contributed by atoms with Crippen LogP contribution in [0.4, 0.5) is 0 Å². The molecule has 1 aliphatic rings. The number of para-hydroxylation sites is 1. The Kier molecular flexibility index (Phi) is 5.68. The lowest BCUT2D eigenvalue weighted by Crippen LogP contribution is -2.32. The minimum Gasteiger partial charge on any atom is -0.331 e. The Morgan fingerprint density at radius 2 is 2.00 bits per heavy atom. The first-order valence-corrected chi connectivity index (χ1v) is 11.5. The van der Waals surface area contributed by atoms with Crippen LogP contribution in [0.1, 0.15) is 47.6 Å². The number of nitrogens with zero attached hydrogens (tertiary/aromatic N) is 4. The summed E-state index contributed by atoms with van der Waals surface area (Å²) in [5, 5.41) is 6.03. The van der Waals surface area contributed by atoms with E-state index in [2.05, 4.69) is 15.1 Å².